The molecule has 1 rings (SSSR count). The summed E-state index contributed by atoms with van der Waals surface area (Å²) in [5, 5.41) is 0. The van der Waals surface area contributed by atoms with Crippen LogP contribution >= 0.6 is 22.6 Å². The molecule has 0 bridgehead atoms. The molecule has 0 amide bonds. The molecule has 0 saturated heterocycles. The van der Waals surface area contributed by atoms with E-state index in [1.54, 1.807) is 0 Å². The molecule has 0 fully saturated rings. The molecule has 0 atom stereocenters. The van der Waals surface area contributed by atoms with Gasteiger partial charge in [0, 0.05) is 6.61 Å². The third-order valence-corrected chi connectivity index (χ3v) is 2.42. The van der Waals surface area contributed by atoms with Gasteiger partial charge in [-0.2, -0.15) is 0 Å². The molecule has 72 valence electrons. The summed E-state index contributed by atoms with van der Waals surface area (Å²) >= 11 is 2.26. The van der Waals surface area contributed by atoms with Crippen molar-refractivity contribution < 1.29 is 9.47 Å². The van der Waals surface area contributed by atoms with Crippen molar-refractivity contribution in [3.05, 3.63) is 27.8 Å². The molecule has 3 heteroatoms. The molecule has 0 spiro atoms. The molecule has 1 aromatic rings. The van der Waals surface area contributed by atoms with E-state index in [1.165, 1.54) is 0 Å². The quantitative estimate of drug-likeness (QED) is 0.613. The first kappa shape index (κ1) is 10.8. The van der Waals surface area contributed by atoms with Crippen LogP contribution in [0.1, 0.15) is 6.92 Å². The van der Waals surface area contributed by atoms with Gasteiger partial charge >= 0.3 is 0 Å². The van der Waals surface area contributed by atoms with E-state index in [-0.39, 0.29) is 0 Å². The SMILES string of the molecule is CCOCCOc1ccccc1I. The summed E-state index contributed by atoms with van der Waals surface area (Å²) in [6, 6.07) is 7.96. The molecule has 0 unspecified atom stereocenters. The lowest BCUT2D eigenvalue weighted by Gasteiger charge is -2.07. The number of para-hydroxylation sites is 1. The van der Waals surface area contributed by atoms with Crippen molar-refractivity contribution in [1.29, 1.82) is 0 Å². The smallest absolute Gasteiger partial charge is 0.132 e. The zero-order valence-corrected chi connectivity index (χ0v) is 9.78. The average molecular weight is 292 g/mol. The van der Waals surface area contributed by atoms with Crippen LogP contribution in [0.4, 0.5) is 0 Å². The van der Waals surface area contributed by atoms with Crippen molar-refractivity contribution in [2.75, 3.05) is 19.8 Å². The first-order chi connectivity index (χ1) is 6.34. The Morgan fingerprint density at radius 1 is 1.23 bits per heavy atom. The van der Waals surface area contributed by atoms with E-state index < -0.39 is 0 Å². The molecule has 2 nitrogen and oxygen atoms in total. The minimum atomic E-state index is 0.619. The molecule has 0 saturated carbocycles. The Morgan fingerprint density at radius 3 is 2.69 bits per heavy atom. The summed E-state index contributed by atoms with van der Waals surface area (Å²) in [5.41, 5.74) is 0. The van der Waals surface area contributed by atoms with Crippen LogP contribution in [-0.4, -0.2) is 19.8 Å². The van der Waals surface area contributed by atoms with Crippen molar-refractivity contribution in [1.82, 2.24) is 0 Å². The van der Waals surface area contributed by atoms with Crippen LogP contribution in [0, 0.1) is 3.57 Å². The van der Waals surface area contributed by atoms with Gasteiger partial charge in [-0.25, -0.2) is 0 Å². The van der Waals surface area contributed by atoms with Gasteiger partial charge in [0.15, 0.2) is 0 Å². The molecular weight excluding hydrogens is 279 g/mol. The lowest BCUT2D eigenvalue weighted by atomic mass is 10.3. The number of rotatable bonds is 5. The summed E-state index contributed by atoms with van der Waals surface area (Å²) < 4.78 is 11.8. The maximum absolute atomic E-state index is 5.51. The standard InChI is InChI=1S/C10H13IO2/c1-2-12-7-8-13-10-6-4-3-5-9(10)11/h3-6H,2,7-8H2,1H3. The van der Waals surface area contributed by atoms with Crippen LogP contribution in [-0.2, 0) is 4.74 Å². The van der Waals surface area contributed by atoms with Gasteiger partial charge < -0.3 is 9.47 Å². The number of halogens is 1. The summed E-state index contributed by atoms with van der Waals surface area (Å²) in [4.78, 5) is 0. The van der Waals surface area contributed by atoms with E-state index >= 15 is 0 Å². The van der Waals surface area contributed by atoms with E-state index in [1.807, 2.05) is 31.2 Å². The van der Waals surface area contributed by atoms with E-state index in [2.05, 4.69) is 22.6 Å². The largest absolute Gasteiger partial charge is 0.490 e. The summed E-state index contributed by atoms with van der Waals surface area (Å²) in [6.07, 6.45) is 0. The number of hydrogen-bond acceptors (Lipinski definition) is 2. The second-order valence-electron chi connectivity index (χ2n) is 2.48. The van der Waals surface area contributed by atoms with Gasteiger partial charge in [0.1, 0.15) is 12.4 Å². The Hall–Kier alpha value is -0.290. The molecule has 0 aliphatic carbocycles. The molecule has 0 radical (unpaired) electrons. The van der Waals surface area contributed by atoms with Crippen LogP contribution in [0.5, 0.6) is 5.75 Å². The fraction of sp³-hybridized carbons (Fsp3) is 0.400. The first-order valence-corrected chi connectivity index (χ1v) is 5.37. The summed E-state index contributed by atoms with van der Waals surface area (Å²) in [6.45, 7) is 4.00. The highest BCUT2D eigenvalue weighted by Crippen LogP contribution is 2.19. The third kappa shape index (κ3) is 3.95. The Kier molecular flexibility index (Phi) is 5.15. The maximum Gasteiger partial charge on any atom is 0.132 e. The van der Waals surface area contributed by atoms with Crippen LogP contribution < -0.4 is 4.74 Å². The predicted octanol–water partition coefficient (Wildman–Crippen LogP) is 2.71. The van der Waals surface area contributed by atoms with E-state index in [0.717, 1.165) is 15.9 Å². The van der Waals surface area contributed by atoms with E-state index in [0.29, 0.717) is 13.2 Å². The molecule has 0 heterocycles. The Morgan fingerprint density at radius 2 is 2.00 bits per heavy atom. The van der Waals surface area contributed by atoms with E-state index in [4.69, 9.17) is 9.47 Å². The molecule has 0 aliphatic rings. The topological polar surface area (TPSA) is 18.5 Å². The van der Waals surface area contributed by atoms with Crippen LogP contribution in [0.15, 0.2) is 24.3 Å². The molecule has 13 heavy (non-hydrogen) atoms. The third-order valence-electron chi connectivity index (χ3n) is 1.53. The van der Waals surface area contributed by atoms with Crippen molar-refractivity contribution in [2.24, 2.45) is 0 Å². The Balaban J connectivity index is 2.32. The van der Waals surface area contributed by atoms with Gasteiger partial charge in [-0.3, -0.25) is 0 Å². The normalized spacial score (nSPS) is 10.0. The van der Waals surface area contributed by atoms with Crippen molar-refractivity contribution in [2.45, 2.75) is 6.92 Å². The van der Waals surface area contributed by atoms with E-state index in [9.17, 15) is 0 Å². The highest BCUT2D eigenvalue weighted by molar-refractivity contribution is 14.1. The summed E-state index contributed by atoms with van der Waals surface area (Å²) in [5.74, 6) is 0.933. The van der Waals surface area contributed by atoms with Gasteiger partial charge in [-0.05, 0) is 41.6 Å². The maximum atomic E-state index is 5.51. The van der Waals surface area contributed by atoms with Gasteiger partial charge in [0.25, 0.3) is 0 Å². The number of ether oxygens (including phenoxy) is 2. The minimum Gasteiger partial charge on any atom is -0.490 e. The second kappa shape index (κ2) is 6.21. The number of benzene rings is 1. The van der Waals surface area contributed by atoms with Crippen molar-refractivity contribution >= 4 is 22.6 Å². The van der Waals surface area contributed by atoms with Crippen molar-refractivity contribution in [3.63, 3.8) is 0 Å². The monoisotopic (exact) mass is 292 g/mol. The van der Waals surface area contributed by atoms with Gasteiger partial charge in [-0.15, -0.1) is 0 Å². The zero-order valence-electron chi connectivity index (χ0n) is 7.63. The predicted molar refractivity (Wildman–Crippen MR) is 61.1 cm³/mol. The molecule has 0 N–H and O–H groups in total. The molecule has 0 aromatic heterocycles. The fourth-order valence-electron chi connectivity index (χ4n) is 0.917. The Labute approximate surface area is 92.4 Å². The molecule has 1 aromatic carbocycles. The zero-order chi connectivity index (χ0) is 9.52. The molecule has 0 aliphatic heterocycles. The first-order valence-electron chi connectivity index (χ1n) is 4.29. The van der Waals surface area contributed by atoms with Gasteiger partial charge in [-0.1, -0.05) is 12.1 Å². The lowest BCUT2D eigenvalue weighted by molar-refractivity contribution is 0.110. The van der Waals surface area contributed by atoms with Crippen molar-refractivity contribution in [3.8, 4) is 5.75 Å². The van der Waals surface area contributed by atoms with Crippen LogP contribution in [0.3, 0.4) is 0 Å². The highest BCUT2D eigenvalue weighted by atomic mass is 127. The van der Waals surface area contributed by atoms with Gasteiger partial charge in [0.05, 0.1) is 10.2 Å². The second-order valence-corrected chi connectivity index (χ2v) is 3.64. The lowest BCUT2D eigenvalue weighted by Crippen LogP contribution is -2.06. The molecular formula is C10H13IO2. The van der Waals surface area contributed by atoms with Gasteiger partial charge in [0.2, 0.25) is 0 Å². The number of hydrogen-bond donors (Lipinski definition) is 0. The fourth-order valence-corrected chi connectivity index (χ4v) is 1.46. The summed E-state index contributed by atoms with van der Waals surface area (Å²) in [7, 11) is 0. The minimum absolute atomic E-state index is 0.619. The Bertz CT molecular complexity index is 250. The average Bonchev–Trinajstić information content (AvgIpc) is 2.15. The highest BCUT2D eigenvalue weighted by Gasteiger charge is 1.97. The van der Waals surface area contributed by atoms with Crippen LogP contribution in [0.2, 0.25) is 0 Å². The van der Waals surface area contributed by atoms with Crippen LogP contribution in [0.25, 0.3) is 0 Å².